The lowest BCUT2D eigenvalue weighted by Gasteiger charge is -2.19. The van der Waals surface area contributed by atoms with Crippen molar-refractivity contribution in [3.63, 3.8) is 0 Å². The average Bonchev–Trinajstić information content (AvgIpc) is 2.34. The fraction of sp³-hybridized carbons (Fsp3) is 0.429. The van der Waals surface area contributed by atoms with Gasteiger partial charge in [0.05, 0.1) is 18.4 Å². The number of thioether (sulfide) groups is 1. The van der Waals surface area contributed by atoms with Gasteiger partial charge in [-0.15, -0.1) is 11.8 Å². The molecule has 21 heavy (non-hydrogen) atoms. The van der Waals surface area contributed by atoms with Crippen molar-refractivity contribution < 1.29 is 23.5 Å². The lowest BCUT2D eigenvalue weighted by Crippen LogP contribution is -2.24. The molecule has 0 saturated carbocycles. The van der Waals surface area contributed by atoms with Crippen molar-refractivity contribution in [1.82, 2.24) is 0 Å². The van der Waals surface area contributed by atoms with Crippen molar-refractivity contribution in [3.8, 4) is 0 Å². The molecule has 1 rings (SSSR count). The van der Waals surface area contributed by atoms with Crippen LogP contribution >= 0.6 is 11.8 Å². The molecule has 1 aromatic rings. The Bertz CT molecular complexity index is 555. The second kappa shape index (κ2) is 6.80. The molecule has 0 aliphatic heterocycles. The fourth-order valence-electron chi connectivity index (χ4n) is 1.47. The smallest absolute Gasteiger partial charge is 0.339 e. The van der Waals surface area contributed by atoms with Gasteiger partial charge in [0.2, 0.25) is 0 Å². The van der Waals surface area contributed by atoms with E-state index in [-0.39, 0.29) is 21.9 Å². The molecule has 0 atom stereocenters. The van der Waals surface area contributed by atoms with Crippen molar-refractivity contribution in [2.24, 2.45) is 0 Å². The molecule has 116 valence electrons. The highest BCUT2D eigenvalue weighted by atomic mass is 32.2. The summed E-state index contributed by atoms with van der Waals surface area (Å²) in [6.07, 6.45) is 0. The SMILES string of the molecule is COC(=O)c1cc(SCC(=O)OC(C)(C)C)c(F)cc1N. The number of nitrogen functional groups attached to an aromatic ring is 1. The van der Waals surface area contributed by atoms with E-state index in [1.807, 2.05) is 0 Å². The van der Waals surface area contributed by atoms with E-state index in [0.717, 1.165) is 17.8 Å². The zero-order valence-electron chi connectivity index (χ0n) is 12.4. The predicted octanol–water partition coefficient (Wildman–Crippen LogP) is 2.63. The van der Waals surface area contributed by atoms with Gasteiger partial charge in [-0.1, -0.05) is 0 Å². The van der Waals surface area contributed by atoms with Crippen molar-refractivity contribution in [3.05, 3.63) is 23.5 Å². The maximum absolute atomic E-state index is 13.8. The largest absolute Gasteiger partial charge is 0.465 e. The lowest BCUT2D eigenvalue weighted by atomic mass is 10.2. The molecule has 0 unspecified atom stereocenters. The number of methoxy groups -OCH3 is 1. The minimum atomic E-state index is -0.661. The monoisotopic (exact) mass is 315 g/mol. The minimum absolute atomic E-state index is 0.0130. The number of benzene rings is 1. The van der Waals surface area contributed by atoms with Gasteiger partial charge in [-0.2, -0.15) is 0 Å². The highest BCUT2D eigenvalue weighted by Crippen LogP contribution is 2.27. The molecule has 0 aliphatic carbocycles. The molecule has 1 aromatic carbocycles. The Balaban J connectivity index is 2.84. The highest BCUT2D eigenvalue weighted by molar-refractivity contribution is 8.00. The van der Waals surface area contributed by atoms with Crippen LogP contribution in [-0.4, -0.2) is 30.4 Å². The van der Waals surface area contributed by atoms with Gasteiger partial charge >= 0.3 is 11.9 Å². The number of ether oxygens (including phenoxy) is 2. The predicted molar refractivity (Wildman–Crippen MR) is 78.7 cm³/mol. The number of hydrogen-bond acceptors (Lipinski definition) is 6. The quantitative estimate of drug-likeness (QED) is 0.523. The van der Waals surface area contributed by atoms with Gasteiger partial charge in [0.25, 0.3) is 0 Å². The number of carbonyl (C=O) groups excluding carboxylic acids is 2. The normalized spacial score (nSPS) is 11.1. The number of anilines is 1. The molecular weight excluding hydrogens is 297 g/mol. The van der Waals surface area contributed by atoms with E-state index < -0.39 is 23.4 Å². The summed E-state index contributed by atoms with van der Waals surface area (Å²) in [4.78, 5) is 23.2. The Hall–Kier alpha value is -1.76. The van der Waals surface area contributed by atoms with E-state index in [2.05, 4.69) is 4.74 Å². The number of nitrogens with two attached hydrogens (primary N) is 1. The molecule has 0 bridgehead atoms. The summed E-state index contributed by atoms with van der Waals surface area (Å²) in [7, 11) is 1.21. The highest BCUT2D eigenvalue weighted by Gasteiger charge is 2.19. The molecule has 0 amide bonds. The summed E-state index contributed by atoms with van der Waals surface area (Å²) < 4.78 is 23.5. The molecule has 2 N–H and O–H groups in total. The molecule has 5 nitrogen and oxygen atoms in total. The Morgan fingerprint density at radius 1 is 1.33 bits per heavy atom. The van der Waals surface area contributed by atoms with E-state index in [0.29, 0.717) is 0 Å². The van der Waals surface area contributed by atoms with Crippen molar-refractivity contribution in [2.75, 3.05) is 18.6 Å². The van der Waals surface area contributed by atoms with Crippen LogP contribution in [0.2, 0.25) is 0 Å². The third kappa shape index (κ3) is 5.26. The summed E-state index contributed by atoms with van der Waals surface area (Å²) in [5.41, 5.74) is 5.01. The van der Waals surface area contributed by atoms with Crippen LogP contribution < -0.4 is 5.73 Å². The Morgan fingerprint density at radius 3 is 2.48 bits per heavy atom. The molecule has 0 radical (unpaired) electrons. The van der Waals surface area contributed by atoms with Gasteiger partial charge < -0.3 is 15.2 Å². The summed E-state index contributed by atoms with van der Waals surface area (Å²) in [6, 6.07) is 2.30. The van der Waals surface area contributed by atoms with Gasteiger partial charge in [0.1, 0.15) is 11.4 Å². The van der Waals surface area contributed by atoms with E-state index in [1.54, 1.807) is 20.8 Å². The van der Waals surface area contributed by atoms with Crippen LogP contribution in [-0.2, 0) is 14.3 Å². The third-order valence-corrected chi connectivity index (χ3v) is 3.28. The second-order valence-corrected chi connectivity index (χ2v) is 6.25. The van der Waals surface area contributed by atoms with Crippen molar-refractivity contribution in [1.29, 1.82) is 0 Å². The first kappa shape index (κ1) is 17.3. The Kier molecular flexibility index (Phi) is 5.60. The standard InChI is InChI=1S/C14H18FNO4S/c1-14(2,3)20-12(17)7-21-11-5-8(13(18)19-4)10(16)6-9(11)15/h5-6H,7,16H2,1-4H3. The molecule has 0 fully saturated rings. The van der Waals surface area contributed by atoms with Crippen LogP contribution in [0.1, 0.15) is 31.1 Å². The Labute approximate surface area is 127 Å². The van der Waals surface area contributed by atoms with E-state index >= 15 is 0 Å². The summed E-state index contributed by atoms with van der Waals surface area (Å²) in [5.74, 6) is -1.80. The molecule has 7 heteroatoms. The Morgan fingerprint density at radius 2 is 1.95 bits per heavy atom. The molecule has 0 heterocycles. The van der Waals surface area contributed by atoms with Gasteiger partial charge in [-0.3, -0.25) is 4.79 Å². The second-order valence-electron chi connectivity index (χ2n) is 5.24. The first-order valence-electron chi connectivity index (χ1n) is 6.16. The zero-order chi connectivity index (χ0) is 16.2. The van der Waals surface area contributed by atoms with Gasteiger partial charge in [-0.25, -0.2) is 9.18 Å². The number of hydrogen-bond donors (Lipinski definition) is 1. The molecule has 0 aliphatic rings. The first-order chi connectivity index (χ1) is 9.64. The fourth-order valence-corrected chi connectivity index (χ4v) is 2.20. The molecule has 0 spiro atoms. The summed E-state index contributed by atoms with van der Waals surface area (Å²) in [6.45, 7) is 5.23. The summed E-state index contributed by atoms with van der Waals surface area (Å²) >= 11 is 0.934. The van der Waals surface area contributed by atoms with Crippen LogP contribution in [0, 0.1) is 5.82 Å². The van der Waals surface area contributed by atoms with E-state index in [9.17, 15) is 14.0 Å². The van der Waals surface area contributed by atoms with Crippen LogP contribution in [0.3, 0.4) is 0 Å². The van der Waals surface area contributed by atoms with Crippen LogP contribution in [0.25, 0.3) is 0 Å². The third-order valence-electron chi connectivity index (χ3n) is 2.27. The summed E-state index contributed by atoms with van der Waals surface area (Å²) in [5, 5.41) is 0. The maximum atomic E-state index is 13.8. The van der Waals surface area contributed by atoms with Crippen LogP contribution in [0.5, 0.6) is 0 Å². The van der Waals surface area contributed by atoms with Gasteiger partial charge in [0.15, 0.2) is 0 Å². The van der Waals surface area contributed by atoms with E-state index in [4.69, 9.17) is 10.5 Å². The van der Waals surface area contributed by atoms with E-state index in [1.165, 1.54) is 13.2 Å². The van der Waals surface area contributed by atoms with Crippen LogP contribution in [0.15, 0.2) is 17.0 Å². The maximum Gasteiger partial charge on any atom is 0.339 e. The number of halogens is 1. The van der Waals surface area contributed by atoms with Gasteiger partial charge in [-0.05, 0) is 32.9 Å². The van der Waals surface area contributed by atoms with Crippen LogP contribution in [0.4, 0.5) is 10.1 Å². The number of rotatable bonds is 4. The zero-order valence-corrected chi connectivity index (χ0v) is 13.2. The van der Waals surface area contributed by atoms with Crippen molar-refractivity contribution >= 4 is 29.4 Å². The first-order valence-corrected chi connectivity index (χ1v) is 7.14. The number of esters is 2. The molecule has 0 saturated heterocycles. The molecule has 0 aromatic heterocycles. The lowest BCUT2D eigenvalue weighted by molar-refractivity contribution is -0.151. The molecular formula is C14H18FNO4S. The van der Waals surface area contributed by atoms with Gasteiger partial charge in [0, 0.05) is 10.6 Å². The average molecular weight is 315 g/mol. The topological polar surface area (TPSA) is 78.6 Å². The van der Waals surface area contributed by atoms with Crippen molar-refractivity contribution in [2.45, 2.75) is 31.3 Å². The number of carbonyl (C=O) groups is 2. The minimum Gasteiger partial charge on any atom is -0.465 e.